The number of carbonyl (C=O) groups excluding carboxylic acids is 1. The van der Waals surface area contributed by atoms with Crippen LogP contribution in [0.5, 0.6) is 0 Å². The van der Waals surface area contributed by atoms with Crippen molar-refractivity contribution in [3.05, 3.63) is 58.2 Å². The SMILES string of the molecule is CN(C)[C@H](CNC(=O)Nc1ccc(-c2nccs2)cc1)c1cccs1. The molecule has 0 radical (unpaired) electrons. The van der Waals surface area contributed by atoms with Crippen LogP contribution in [0.2, 0.25) is 0 Å². The van der Waals surface area contributed by atoms with Crippen molar-refractivity contribution in [3.8, 4) is 10.6 Å². The van der Waals surface area contributed by atoms with Crippen LogP contribution in [0.4, 0.5) is 10.5 Å². The van der Waals surface area contributed by atoms with Gasteiger partial charge in [0.2, 0.25) is 0 Å². The zero-order chi connectivity index (χ0) is 17.6. The van der Waals surface area contributed by atoms with Gasteiger partial charge >= 0.3 is 6.03 Å². The molecule has 2 heterocycles. The Balaban J connectivity index is 1.55. The molecule has 25 heavy (non-hydrogen) atoms. The highest BCUT2D eigenvalue weighted by molar-refractivity contribution is 7.13. The van der Waals surface area contributed by atoms with Gasteiger partial charge in [0, 0.05) is 34.2 Å². The van der Waals surface area contributed by atoms with E-state index >= 15 is 0 Å². The van der Waals surface area contributed by atoms with Crippen LogP contribution in [0.3, 0.4) is 0 Å². The molecule has 3 aromatic rings. The van der Waals surface area contributed by atoms with E-state index in [1.807, 2.05) is 49.8 Å². The van der Waals surface area contributed by atoms with Gasteiger partial charge in [0.05, 0.1) is 6.04 Å². The van der Waals surface area contributed by atoms with E-state index < -0.39 is 0 Å². The maximum absolute atomic E-state index is 12.2. The molecule has 2 aromatic heterocycles. The normalized spacial score (nSPS) is 12.1. The molecule has 0 aliphatic heterocycles. The van der Waals surface area contributed by atoms with Crippen molar-refractivity contribution >= 4 is 34.4 Å². The van der Waals surface area contributed by atoms with Gasteiger partial charge in [-0.3, -0.25) is 0 Å². The molecule has 0 aliphatic rings. The van der Waals surface area contributed by atoms with Gasteiger partial charge in [-0.1, -0.05) is 6.07 Å². The number of nitrogens with zero attached hydrogens (tertiary/aromatic N) is 2. The lowest BCUT2D eigenvalue weighted by Gasteiger charge is -2.23. The fraction of sp³-hybridized carbons (Fsp3) is 0.222. The number of anilines is 1. The number of thiazole rings is 1. The Morgan fingerprint density at radius 3 is 2.56 bits per heavy atom. The molecule has 2 amide bonds. The fourth-order valence-electron chi connectivity index (χ4n) is 2.45. The number of hydrogen-bond acceptors (Lipinski definition) is 5. The number of hydrogen-bond donors (Lipinski definition) is 2. The van der Waals surface area contributed by atoms with Gasteiger partial charge in [-0.25, -0.2) is 9.78 Å². The lowest BCUT2D eigenvalue weighted by molar-refractivity contribution is 0.244. The molecule has 1 aromatic carbocycles. The second-order valence-electron chi connectivity index (χ2n) is 5.74. The number of amides is 2. The van der Waals surface area contributed by atoms with Crippen molar-refractivity contribution in [3.63, 3.8) is 0 Å². The average molecular weight is 373 g/mol. The first-order valence-electron chi connectivity index (χ1n) is 7.88. The number of thiophene rings is 1. The molecule has 3 rings (SSSR count). The van der Waals surface area contributed by atoms with Crippen LogP contribution < -0.4 is 10.6 Å². The predicted molar refractivity (Wildman–Crippen MR) is 105 cm³/mol. The van der Waals surface area contributed by atoms with E-state index in [2.05, 4.69) is 32.0 Å². The minimum Gasteiger partial charge on any atom is -0.336 e. The third-order valence-corrected chi connectivity index (χ3v) is 5.57. The Morgan fingerprint density at radius 1 is 1.16 bits per heavy atom. The summed E-state index contributed by atoms with van der Waals surface area (Å²) in [6.45, 7) is 0.552. The Morgan fingerprint density at radius 2 is 1.96 bits per heavy atom. The number of benzene rings is 1. The molecule has 1 atom stereocenters. The highest BCUT2D eigenvalue weighted by Gasteiger charge is 2.16. The molecule has 5 nitrogen and oxygen atoms in total. The van der Waals surface area contributed by atoms with Crippen molar-refractivity contribution in [1.82, 2.24) is 15.2 Å². The number of rotatable bonds is 6. The first kappa shape index (κ1) is 17.6. The van der Waals surface area contributed by atoms with Crippen LogP contribution in [-0.4, -0.2) is 36.6 Å². The van der Waals surface area contributed by atoms with Crippen LogP contribution in [0, 0.1) is 0 Å². The molecule has 0 aliphatic carbocycles. The summed E-state index contributed by atoms with van der Waals surface area (Å²) >= 11 is 3.29. The quantitative estimate of drug-likeness (QED) is 0.678. The maximum atomic E-state index is 12.2. The minimum atomic E-state index is -0.203. The van der Waals surface area contributed by atoms with E-state index in [0.29, 0.717) is 6.54 Å². The predicted octanol–water partition coefficient (Wildman–Crippen LogP) is 4.30. The molecule has 130 valence electrons. The van der Waals surface area contributed by atoms with Crippen LogP contribution >= 0.6 is 22.7 Å². The molecule has 0 bridgehead atoms. The van der Waals surface area contributed by atoms with E-state index in [9.17, 15) is 4.79 Å². The van der Waals surface area contributed by atoms with Crippen LogP contribution in [-0.2, 0) is 0 Å². The van der Waals surface area contributed by atoms with Gasteiger partial charge in [-0.05, 0) is 49.8 Å². The summed E-state index contributed by atoms with van der Waals surface area (Å²) in [6.07, 6.45) is 1.79. The summed E-state index contributed by atoms with van der Waals surface area (Å²) in [6, 6.07) is 11.8. The van der Waals surface area contributed by atoms with Crippen molar-refractivity contribution in [2.45, 2.75) is 6.04 Å². The van der Waals surface area contributed by atoms with E-state index in [0.717, 1.165) is 16.3 Å². The van der Waals surface area contributed by atoms with Crippen molar-refractivity contribution in [2.75, 3.05) is 26.0 Å². The van der Waals surface area contributed by atoms with E-state index in [-0.39, 0.29) is 12.1 Å². The zero-order valence-corrected chi connectivity index (χ0v) is 15.7. The van der Waals surface area contributed by atoms with E-state index in [1.54, 1.807) is 28.9 Å². The smallest absolute Gasteiger partial charge is 0.319 e. The molecule has 7 heteroatoms. The number of nitrogens with one attached hydrogen (secondary N) is 2. The summed E-state index contributed by atoms with van der Waals surface area (Å²) in [4.78, 5) is 19.8. The van der Waals surface area contributed by atoms with E-state index in [1.165, 1.54) is 4.88 Å². The lowest BCUT2D eigenvalue weighted by Crippen LogP contribution is -2.36. The fourth-order valence-corrected chi connectivity index (χ4v) is 4.01. The standard InChI is InChI=1S/C18H20N4OS2/c1-22(2)15(16-4-3-10-24-16)12-20-18(23)21-14-7-5-13(6-8-14)17-19-9-11-25-17/h3-11,15H,12H2,1-2H3,(H2,20,21,23)/t15-/m1/s1. The van der Waals surface area contributed by atoms with Crippen molar-refractivity contribution in [1.29, 1.82) is 0 Å². The second kappa shape index (κ2) is 8.24. The number of carbonyl (C=O) groups is 1. The van der Waals surface area contributed by atoms with Gasteiger partial charge in [0.25, 0.3) is 0 Å². The van der Waals surface area contributed by atoms with Gasteiger partial charge in [-0.15, -0.1) is 22.7 Å². The first-order valence-corrected chi connectivity index (χ1v) is 9.64. The summed E-state index contributed by atoms with van der Waals surface area (Å²) in [5, 5.41) is 10.8. The summed E-state index contributed by atoms with van der Waals surface area (Å²) < 4.78 is 0. The lowest BCUT2D eigenvalue weighted by atomic mass is 10.2. The molecule has 0 saturated heterocycles. The number of aromatic nitrogens is 1. The van der Waals surface area contributed by atoms with Crippen LogP contribution in [0.1, 0.15) is 10.9 Å². The molecule has 0 unspecified atom stereocenters. The minimum absolute atomic E-state index is 0.165. The molecular weight excluding hydrogens is 352 g/mol. The van der Waals surface area contributed by atoms with Crippen LogP contribution in [0.15, 0.2) is 53.4 Å². The third kappa shape index (κ3) is 4.66. The summed E-state index contributed by atoms with van der Waals surface area (Å²) in [5.41, 5.74) is 1.81. The zero-order valence-electron chi connectivity index (χ0n) is 14.1. The average Bonchev–Trinajstić information content (AvgIpc) is 3.29. The van der Waals surface area contributed by atoms with Crippen LogP contribution in [0.25, 0.3) is 10.6 Å². The highest BCUT2D eigenvalue weighted by atomic mass is 32.1. The summed E-state index contributed by atoms with van der Waals surface area (Å²) in [7, 11) is 4.03. The Kier molecular flexibility index (Phi) is 5.80. The number of urea groups is 1. The molecular formula is C18H20N4OS2. The van der Waals surface area contributed by atoms with Crippen molar-refractivity contribution < 1.29 is 4.79 Å². The second-order valence-corrected chi connectivity index (χ2v) is 7.62. The van der Waals surface area contributed by atoms with Gasteiger partial charge in [0.1, 0.15) is 5.01 Å². The first-order chi connectivity index (χ1) is 12.1. The Labute approximate surface area is 155 Å². The largest absolute Gasteiger partial charge is 0.336 e. The van der Waals surface area contributed by atoms with Gasteiger partial charge in [0.15, 0.2) is 0 Å². The molecule has 0 saturated carbocycles. The monoisotopic (exact) mass is 372 g/mol. The molecule has 2 N–H and O–H groups in total. The Hall–Kier alpha value is -2.22. The molecule has 0 fully saturated rings. The molecule has 0 spiro atoms. The van der Waals surface area contributed by atoms with Gasteiger partial charge < -0.3 is 15.5 Å². The topological polar surface area (TPSA) is 57.3 Å². The summed E-state index contributed by atoms with van der Waals surface area (Å²) in [5.74, 6) is 0. The highest BCUT2D eigenvalue weighted by Crippen LogP contribution is 2.24. The third-order valence-electron chi connectivity index (χ3n) is 3.77. The van der Waals surface area contributed by atoms with Crippen molar-refractivity contribution in [2.24, 2.45) is 0 Å². The van der Waals surface area contributed by atoms with Gasteiger partial charge in [-0.2, -0.15) is 0 Å². The maximum Gasteiger partial charge on any atom is 0.319 e. The Bertz CT molecular complexity index is 783. The van der Waals surface area contributed by atoms with E-state index in [4.69, 9.17) is 0 Å². The number of likely N-dealkylation sites (N-methyl/N-ethyl adjacent to an activating group) is 1.